The summed E-state index contributed by atoms with van der Waals surface area (Å²) >= 11 is 1.71. The summed E-state index contributed by atoms with van der Waals surface area (Å²) in [6, 6.07) is 8.07. The van der Waals surface area contributed by atoms with Gasteiger partial charge in [-0.2, -0.15) is 0 Å². The van der Waals surface area contributed by atoms with Crippen LogP contribution >= 0.6 is 11.3 Å². The number of aromatic nitrogens is 1. The van der Waals surface area contributed by atoms with Crippen molar-refractivity contribution in [3.05, 3.63) is 46.4 Å². The lowest BCUT2D eigenvalue weighted by molar-refractivity contribution is 0.0780. The summed E-state index contributed by atoms with van der Waals surface area (Å²) in [5.74, 6) is 0.0921. The first-order valence-electron chi connectivity index (χ1n) is 6.46. The molecule has 0 bridgehead atoms. The lowest BCUT2D eigenvalue weighted by atomic mass is 10.3. The number of hydrogen-bond acceptors (Lipinski definition) is 3. The van der Waals surface area contributed by atoms with Gasteiger partial charge in [-0.3, -0.25) is 4.79 Å². The van der Waals surface area contributed by atoms with Gasteiger partial charge in [-0.1, -0.05) is 6.07 Å². The van der Waals surface area contributed by atoms with Gasteiger partial charge in [0.2, 0.25) is 0 Å². The maximum atomic E-state index is 12.5. The summed E-state index contributed by atoms with van der Waals surface area (Å²) in [7, 11) is 0. The van der Waals surface area contributed by atoms with Crippen LogP contribution in [0, 0.1) is 0 Å². The van der Waals surface area contributed by atoms with Crippen molar-refractivity contribution >= 4 is 17.2 Å². The van der Waals surface area contributed by atoms with Gasteiger partial charge in [0, 0.05) is 30.2 Å². The molecule has 2 aromatic heterocycles. The Morgan fingerprint density at radius 2 is 2.32 bits per heavy atom. The minimum absolute atomic E-state index is 0.0921. The van der Waals surface area contributed by atoms with Crippen molar-refractivity contribution in [2.24, 2.45) is 5.73 Å². The number of thiophene rings is 1. The Morgan fingerprint density at radius 3 is 3.00 bits per heavy atom. The first-order valence-corrected chi connectivity index (χ1v) is 7.34. The van der Waals surface area contributed by atoms with Crippen molar-refractivity contribution in [3.63, 3.8) is 0 Å². The number of rotatable bonds is 3. The summed E-state index contributed by atoms with van der Waals surface area (Å²) < 4.78 is 2.01. The summed E-state index contributed by atoms with van der Waals surface area (Å²) in [6.45, 7) is 2.19. The van der Waals surface area contributed by atoms with Crippen molar-refractivity contribution in [1.29, 1.82) is 0 Å². The minimum atomic E-state index is 0.0921. The van der Waals surface area contributed by atoms with E-state index in [1.807, 2.05) is 33.9 Å². The van der Waals surface area contributed by atoms with Gasteiger partial charge >= 0.3 is 0 Å². The van der Waals surface area contributed by atoms with Gasteiger partial charge in [-0.15, -0.1) is 11.3 Å². The Bertz CT molecular complexity index is 561. The topological polar surface area (TPSA) is 51.3 Å². The van der Waals surface area contributed by atoms with E-state index in [-0.39, 0.29) is 11.9 Å². The fourth-order valence-corrected chi connectivity index (χ4v) is 3.15. The van der Waals surface area contributed by atoms with Crippen molar-refractivity contribution in [2.75, 3.05) is 13.1 Å². The van der Waals surface area contributed by atoms with Crippen LogP contribution in [0.2, 0.25) is 0 Å². The van der Waals surface area contributed by atoms with Gasteiger partial charge in [0.1, 0.15) is 5.69 Å². The molecule has 2 aromatic rings. The van der Waals surface area contributed by atoms with Crippen LogP contribution in [0.4, 0.5) is 0 Å². The number of carbonyl (C=O) groups excluding carboxylic acids is 1. The molecule has 100 valence electrons. The van der Waals surface area contributed by atoms with Crippen molar-refractivity contribution in [1.82, 2.24) is 9.47 Å². The lowest BCUT2D eigenvalue weighted by Gasteiger charge is -2.17. The number of hydrogen-bond donors (Lipinski definition) is 1. The largest absolute Gasteiger partial charge is 0.338 e. The molecule has 4 nitrogen and oxygen atoms in total. The average Bonchev–Trinajstić information content (AvgIpc) is 3.10. The van der Waals surface area contributed by atoms with Crippen LogP contribution < -0.4 is 5.73 Å². The predicted octanol–water partition coefficient (Wildman–Crippen LogP) is 1.77. The smallest absolute Gasteiger partial charge is 0.270 e. The van der Waals surface area contributed by atoms with Gasteiger partial charge in [0.25, 0.3) is 5.91 Å². The number of nitrogens with zero attached hydrogens (tertiary/aromatic N) is 2. The Labute approximate surface area is 116 Å². The Hall–Kier alpha value is -1.59. The first kappa shape index (κ1) is 12.4. The molecule has 1 atom stereocenters. The summed E-state index contributed by atoms with van der Waals surface area (Å²) in [5, 5.41) is 2.06. The summed E-state index contributed by atoms with van der Waals surface area (Å²) in [5.41, 5.74) is 6.62. The van der Waals surface area contributed by atoms with E-state index >= 15 is 0 Å². The fourth-order valence-electron chi connectivity index (χ4n) is 2.45. The van der Waals surface area contributed by atoms with Crippen LogP contribution in [0.25, 0.3) is 0 Å². The first-order chi connectivity index (χ1) is 9.24. The molecule has 2 N–H and O–H groups in total. The van der Waals surface area contributed by atoms with Crippen molar-refractivity contribution in [2.45, 2.75) is 19.0 Å². The van der Waals surface area contributed by atoms with Crippen LogP contribution in [-0.4, -0.2) is 34.5 Å². The molecule has 0 aromatic carbocycles. The molecule has 3 heterocycles. The van der Waals surface area contributed by atoms with Crippen LogP contribution in [0.1, 0.15) is 21.8 Å². The van der Waals surface area contributed by atoms with Gasteiger partial charge in [-0.05, 0) is 30.0 Å². The molecule has 0 aliphatic carbocycles. The zero-order chi connectivity index (χ0) is 13.2. The average molecular weight is 275 g/mol. The van der Waals surface area contributed by atoms with Gasteiger partial charge in [0.15, 0.2) is 0 Å². The predicted molar refractivity (Wildman–Crippen MR) is 76.3 cm³/mol. The molecule has 0 spiro atoms. The van der Waals surface area contributed by atoms with Crippen molar-refractivity contribution < 1.29 is 4.79 Å². The molecule has 1 aliphatic rings. The molecular formula is C14H17N3OS. The minimum Gasteiger partial charge on any atom is -0.338 e. The zero-order valence-electron chi connectivity index (χ0n) is 10.7. The van der Waals surface area contributed by atoms with Crippen LogP contribution in [-0.2, 0) is 6.54 Å². The van der Waals surface area contributed by atoms with E-state index in [4.69, 9.17) is 5.73 Å². The molecule has 19 heavy (non-hydrogen) atoms. The van der Waals surface area contributed by atoms with E-state index in [0.717, 1.165) is 25.2 Å². The van der Waals surface area contributed by atoms with Crippen LogP contribution in [0.15, 0.2) is 35.8 Å². The standard InChI is InChI=1S/C14H17N3OS/c15-11-5-7-17(9-11)14(18)13-4-1-6-16(13)10-12-3-2-8-19-12/h1-4,6,8,11H,5,7,9-10,15H2/t11-/m1/s1. The quantitative estimate of drug-likeness (QED) is 0.928. The highest BCUT2D eigenvalue weighted by Gasteiger charge is 2.26. The Kier molecular flexibility index (Phi) is 3.40. The molecule has 0 saturated carbocycles. The number of nitrogens with two attached hydrogens (primary N) is 1. The van der Waals surface area contributed by atoms with Gasteiger partial charge < -0.3 is 15.2 Å². The highest BCUT2D eigenvalue weighted by molar-refractivity contribution is 7.09. The number of amides is 1. The van der Waals surface area contributed by atoms with E-state index < -0.39 is 0 Å². The second-order valence-corrected chi connectivity index (χ2v) is 5.93. The maximum absolute atomic E-state index is 12.5. The normalized spacial score (nSPS) is 19.0. The number of likely N-dealkylation sites (tertiary alicyclic amines) is 1. The maximum Gasteiger partial charge on any atom is 0.270 e. The van der Waals surface area contributed by atoms with Gasteiger partial charge in [-0.25, -0.2) is 0 Å². The van der Waals surface area contributed by atoms with Crippen LogP contribution in [0.3, 0.4) is 0 Å². The zero-order valence-corrected chi connectivity index (χ0v) is 11.5. The molecule has 1 amide bonds. The second kappa shape index (κ2) is 5.19. The molecule has 0 radical (unpaired) electrons. The fraction of sp³-hybridized carbons (Fsp3) is 0.357. The summed E-state index contributed by atoms with van der Waals surface area (Å²) in [6.07, 6.45) is 2.86. The highest BCUT2D eigenvalue weighted by Crippen LogP contribution is 2.16. The second-order valence-electron chi connectivity index (χ2n) is 4.90. The molecule has 3 rings (SSSR count). The van der Waals surface area contributed by atoms with E-state index in [1.54, 1.807) is 11.3 Å². The highest BCUT2D eigenvalue weighted by atomic mass is 32.1. The monoisotopic (exact) mass is 275 g/mol. The Balaban J connectivity index is 1.78. The molecule has 1 fully saturated rings. The number of carbonyl (C=O) groups is 1. The molecule has 0 unspecified atom stereocenters. The van der Waals surface area contributed by atoms with Gasteiger partial charge in [0.05, 0.1) is 6.54 Å². The Morgan fingerprint density at radius 1 is 1.42 bits per heavy atom. The third-order valence-corrected chi connectivity index (χ3v) is 4.33. The third kappa shape index (κ3) is 2.57. The molecule has 5 heteroatoms. The third-order valence-electron chi connectivity index (χ3n) is 3.47. The van der Waals surface area contributed by atoms with E-state index in [9.17, 15) is 4.79 Å². The molecular weight excluding hydrogens is 258 g/mol. The van der Waals surface area contributed by atoms with Crippen LogP contribution in [0.5, 0.6) is 0 Å². The van der Waals surface area contributed by atoms with E-state index in [0.29, 0.717) is 6.54 Å². The molecule has 1 saturated heterocycles. The lowest BCUT2D eigenvalue weighted by Crippen LogP contribution is -2.33. The van der Waals surface area contributed by atoms with Crippen molar-refractivity contribution in [3.8, 4) is 0 Å². The SMILES string of the molecule is N[C@@H]1CCN(C(=O)c2cccn2Cc2cccs2)C1. The van der Waals surface area contributed by atoms with E-state index in [2.05, 4.69) is 11.4 Å². The van der Waals surface area contributed by atoms with E-state index in [1.165, 1.54) is 4.88 Å². The molecule has 1 aliphatic heterocycles. The summed E-state index contributed by atoms with van der Waals surface area (Å²) in [4.78, 5) is 15.6.